The first-order chi connectivity index (χ1) is 16.6. The Bertz CT molecular complexity index is 977. The number of hydrogen-bond donors (Lipinski definition) is 0. The van der Waals surface area contributed by atoms with Gasteiger partial charge in [-0.15, -0.1) is 0 Å². The largest absolute Gasteiger partial charge is 0.489 e. The zero-order valence-corrected chi connectivity index (χ0v) is 19.9. The lowest BCUT2D eigenvalue weighted by molar-refractivity contribution is -0.139. The van der Waals surface area contributed by atoms with Gasteiger partial charge in [0.15, 0.2) is 0 Å². The van der Waals surface area contributed by atoms with Crippen molar-refractivity contribution in [2.45, 2.75) is 26.4 Å². The Balaban J connectivity index is 1.90. The van der Waals surface area contributed by atoms with Crippen molar-refractivity contribution in [2.75, 3.05) is 33.5 Å². The van der Waals surface area contributed by atoms with Crippen LogP contribution in [0.25, 0.3) is 0 Å². The maximum Gasteiger partial charge on any atom is 0.336 e. The second-order valence-corrected chi connectivity index (χ2v) is 7.62. The molecule has 1 aliphatic rings. The van der Waals surface area contributed by atoms with Crippen molar-refractivity contribution in [3.63, 3.8) is 0 Å². The molecule has 0 fully saturated rings. The zero-order chi connectivity index (χ0) is 24.3. The van der Waals surface area contributed by atoms with Crippen molar-refractivity contribution < 1.29 is 28.5 Å². The van der Waals surface area contributed by atoms with Gasteiger partial charge < -0.3 is 23.8 Å². The number of carbonyl (C=O) groups is 2. The highest BCUT2D eigenvalue weighted by Gasteiger charge is 2.35. The Morgan fingerprint density at radius 3 is 1.97 bits per heavy atom. The normalized spacial score (nSPS) is 13.7. The number of hydrogen-bond acceptors (Lipinski definition) is 7. The molecule has 0 amide bonds. The molecule has 180 valence electrons. The van der Waals surface area contributed by atoms with Gasteiger partial charge in [0, 0.05) is 26.1 Å². The van der Waals surface area contributed by atoms with E-state index in [0.29, 0.717) is 36.7 Å². The van der Waals surface area contributed by atoms with Crippen molar-refractivity contribution >= 4 is 11.9 Å². The van der Waals surface area contributed by atoms with Gasteiger partial charge in [0.25, 0.3) is 0 Å². The zero-order valence-electron chi connectivity index (χ0n) is 19.9. The Labute approximate surface area is 200 Å². The van der Waals surface area contributed by atoms with Crippen LogP contribution in [0.5, 0.6) is 5.75 Å². The fraction of sp³-hybridized carbons (Fsp3) is 0.333. The Kier molecular flexibility index (Phi) is 9.29. The first-order valence-electron chi connectivity index (χ1n) is 11.4. The maximum absolute atomic E-state index is 12.9. The molecule has 0 spiro atoms. The summed E-state index contributed by atoms with van der Waals surface area (Å²) in [6.45, 7) is 5.30. The van der Waals surface area contributed by atoms with E-state index in [0.717, 1.165) is 11.1 Å². The molecule has 7 heteroatoms. The number of rotatable bonds is 11. The van der Waals surface area contributed by atoms with E-state index < -0.39 is 17.9 Å². The van der Waals surface area contributed by atoms with E-state index in [-0.39, 0.29) is 13.2 Å². The third-order valence-electron chi connectivity index (χ3n) is 5.27. The molecule has 1 heterocycles. The van der Waals surface area contributed by atoms with Gasteiger partial charge in [-0.2, -0.15) is 0 Å². The van der Waals surface area contributed by atoms with Crippen LogP contribution in [0.2, 0.25) is 0 Å². The lowest BCUT2D eigenvalue weighted by Gasteiger charge is -2.30. The quantitative estimate of drug-likeness (QED) is 0.460. The van der Waals surface area contributed by atoms with E-state index >= 15 is 0 Å². The molecule has 3 rings (SSSR count). The van der Waals surface area contributed by atoms with E-state index in [2.05, 4.69) is 0 Å². The molecular formula is C27H31NO6. The van der Waals surface area contributed by atoms with E-state index in [9.17, 15) is 9.59 Å². The Morgan fingerprint density at radius 1 is 0.853 bits per heavy atom. The van der Waals surface area contributed by atoms with Crippen LogP contribution in [0.15, 0.2) is 78.1 Å². The van der Waals surface area contributed by atoms with Gasteiger partial charge in [-0.1, -0.05) is 42.5 Å². The van der Waals surface area contributed by atoms with Crippen molar-refractivity contribution in [3.8, 4) is 5.75 Å². The van der Waals surface area contributed by atoms with Gasteiger partial charge in [-0.05, 0) is 37.1 Å². The van der Waals surface area contributed by atoms with E-state index in [4.69, 9.17) is 18.9 Å². The van der Waals surface area contributed by atoms with Crippen LogP contribution in [0.4, 0.5) is 0 Å². The summed E-state index contributed by atoms with van der Waals surface area (Å²) in [5.74, 6) is -0.892. The van der Waals surface area contributed by atoms with Gasteiger partial charge >= 0.3 is 11.9 Å². The van der Waals surface area contributed by atoms with Crippen LogP contribution in [0.1, 0.15) is 30.9 Å². The van der Waals surface area contributed by atoms with E-state index in [1.807, 2.05) is 54.6 Å². The smallest absolute Gasteiger partial charge is 0.336 e. The molecule has 0 unspecified atom stereocenters. The molecule has 2 aromatic rings. The molecular weight excluding hydrogens is 434 g/mol. The predicted molar refractivity (Wildman–Crippen MR) is 128 cm³/mol. The molecule has 1 aliphatic heterocycles. The monoisotopic (exact) mass is 465 g/mol. The van der Waals surface area contributed by atoms with Crippen molar-refractivity contribution in [3.05, 3.63) is 89.3 Å². The molecule has 7 nitrogen and oxygen atoms in total. The number of ether oxygens (including phenoxy) is 4. The third-order valence-corrected chi connectivity index (χ3v) is 5.27. The molecule has 0 aromatic heterocycles. The Morgan fingerprint density at radius 2 is 1.44 bits per heavy atom. The summed E-state index contributed by atoms with van der Waals surface area (Å²) in [7, 11) is 1.60. The Hall–Kier alpha value is -3.58. The molecule has 0 bridgehead atoms. The summed E-state index contributed by atoms with van der Waals surface area (Å²) in [6, 6.07) is 17.3. The molecule has 0 radical (unpaired) electrons. The second kappa shape index (κ2) is 12.6. The molecule has 34 heavy (non-hydrogen) atoms. The summed E-state index contributed by atoms with van der Waals surface area (Å²) in [5, 5.41) is 0. The van der Waals surface area contributed by atoms with Crippen molar-refractivity contribution in [1.82, 2.24) is 4.90 Å². The fourth-order valence-corrected chi connectivity index (χ4v) is 3.66. The molecule has 0 atom stereocenters. The summed E-state index contributed by atoms with van der Waals surface area (Å²) in [5.41, 5.74) is 2.55. The standard InChI is InChI=1S/C27H31NO6/c1-4-32-26(29)23-17-28(15-16-31-3)18-24(27(30)33-5-2)25(23)21-11-13-22(14-12-21)34-19-20-9-7-6-8-10-20/h6-14,17-18,25H,4-5,15-16,19H2,1-3H3. The highest BCUT2D eigenvalue weighted by molar-refractivity contribution is 5.98. The molecule has 2 aromatic carbocycles. The first kappa shape index (κ1) is 25.1. The van der Waals surface area contributed by atoms with E-state index in [1.165, 1.54) is 0 Å². The summed E-state index contributed by atoms with van der Waals surface area (Å²) >= 11 is 0. The topological polar surface area (TPSA) is 74.3 Å². The lowest BCUT2D eigenvalue weighted by atomic mass is 9.83. The maximum atomic E-state index is 12.9. The SMILES string of the molecule is CCOC(=O)C1=CN(CCOC)C=C(C(=O)OCC)C1c1ccc(OCc2ccccc2)cc1. The predicted octanol–water partition coefficient (Wildman–Crippen LogP) is 4.21. The molecule has 0 saturated heterocycles. The van der Waals surface area contributed by atoms with Gasteiger partial charge in [0.05, 0.1) is 36.9 Å². The minimum Gasteiger partial charge on any atom is -0.489 e. The van der Waals surface area contributed by atoms with Crippen molar-refractivity contribution in [1.29, 1.82) is 0 Å². The number of carbonyl (C=O) groups excluding carboxylic acids is 2. The number of esters is 2. The number of benzene rings is 2. The van der Waals surface area contributed by atoms with Crippen molar-refractivity contribution in [2.24, 2.45) is 0 Å². The minimum atomic E-state index is -0.625. The first-order valence-corrected chi connectivity index (χ1v) is 11.4. The number of methoxy groups -OCH3 is 1. The molecule has 0 saturated carbocycles. The molecule has 0 aliphatic carbocycles. The highest BCUT2D eigenvalue weighted by Crippen LogP contribution is 2.37. The number of nitrogens with zero attached hydrogens (tertiary/aromatic N) is 1. The summed E-state index contributed by atoms with van der Waals surface area (Å²) in [4.78, 5) is 27.6. The van der Waals surface area contributed by atoms with Crippen LogP contribution in [-0.4, -0.2) is 50.3 Å². The molecule has 0 N–H and O–H groups in total. The average Bonchev–Trinajstić information content (AvgIpc) is 2.87. The van der Waals surface area contributed by atoms with Crippen LogP contribution >= 0.6 is 0 Å². The second-order valence-electron chi connectivity index (χ2n) is 7.62. The van der Waals surface area contributed by atoms with Gasteiger partial charge in [-0.3, -0.25) is 0 Å². The van der Waals surface area contributed by atoms with Crippen LogP contribution in [0, 0.1) is 0 Å². The minimum absolute atomic E-state index is 0.228. The summed E-state index contributed by atoms with van der Waals surface area (Å²) in [6.07, 6.45) is 3.43. The van der Waals surface area contributed by atoms with Gasteiger partial charge in [0.1, 0.15) is 12.4 Å². The average molecular weight is 466 g/mol. The fourth-order valence-electron chi connectivity index (χ4n) is 3.66. The third kappa shape index (κ3) is 6.48. The van der Waals surface area contributed by atoms with Gasteiger partial charge in [0.2, 0.25) is 0 Å². The van der Waals surface area contributed by atoms with Crippen LogP contribution in [-0.2, 0) is 30.4 Å². The van der Waals surface area contributed by atoms with E-state index in [1.54, 1.807) is 38.3 Å². The highest BCUT2D eigenvalue weighted by atomic mass is 16.5. The van der Waals surface area contributed by atoms with Crippen LogP contribution in [0.3, 0.4) is 0 Å². The summed E-state index contributed by atoms with van der Waals surface area (Å²) < 4.78 is 21.7. The van der Waals surface area contributed by atoms with Gasteiger partial charge in [-0.25, -0.2) is 9.59 Å². The lowest BCUT2D eigenvalue weighted by Crippen LogP contribution is -2.30. The van der Waals surface area contributed by atoms with Crippen LogP contribution < -0.4 is 4.74 Å².